The van der Waals surface area contributed by atoms with E-state index in [-0.39, 0.29) is 35.8 Å². The maximum atomic E-state index is 13.1. The lowest BCUT2D eigenvalue weighted by atomic mass is 10.00. The summed E-state index contributed by atoms with van der Waals surface area (Å²) in [7, 11) is 0. The second-order valence-electron chi connectivity index (χ2n) is 8.26. The number of nitrogens with zero attached hydrogens (tertiary/aromatic N) is 1. The van der Waals surface area contributed by atoms with Gasteiger partial charge in [-0.2, -0.15) is 0 Å². The Bertz CT molecular complexity index is 734. The van der Waals surface area contributed by atoms with Gasteiger partial charge in [0.25, 0.3) is 0 Å². The minimum absolute atomic E-state index is 0.00726. The van der Waals surface area contributed by atoms with E-state index in [1.807, 2.05) is 25.7 Å². The van der Waals surface area contributed by atoms with Crippen molar-refractivity contribution in [2.75, 3.05) is 0 Å². The molecule has 27 heavy (non-hydrogen) atoms. The molecule has 0 spiro atoms. The molecule has 3 aliphatic rings. The van der Waals surface area contributed by atoms with Crippen LogP contribution in [-0.4, -0.2) is 41.1 Å². The largest absolute Gasteiger partial charge is 0.586 e. The number of carbonyl (C=O) groups excluding carboxylic acids is 1. The van der Waals surface area contributed by atoms with Crippen LogP contribution >= 0.6 is 0 Å². The number of hydrogen-bond acceptors (Lipinski definition) is 5. The summed E-state index contributed by atoms with van der Waals surface area (Å²) in [6, 6.07) is 4.56. The van der Waals surface area contributed by atoms with Gasteiger partial charge >= 0.3 is 12.4 Å². The predicted octanol–water partition coefficient (Wildman–Crippen LogP) is 4.32. The quantitative estimate of drug-likeness (QED) is 0.761. The number of rotatable bonds is 2. The Labute approximate surface area is 156 Å². The number of alkyl halides is 2. The molecule has 0 saturated carbocycles. The molecule has 0 unspecified atom stereocenters. The fraction of sp³-hybridized carbons (Fsp3) is 0.632. The molecule has 2 bridgehead atoms. The number of halogens is 2. The fourth-order valence-corrected chi connectivity index (χ4v) is 4.03. The molecule has 1 amide bonds. The van der Waals surface area contributed by atoms with Gasteiger partial charge in [0.1, 0.15) is 17.5 Å². The zero-order valence-corrected chi connectivity index (χ0v) is 15.5. The van der Waals surface area contributed by atoms with Gasteiger partial charge in [0.15, 0.2) is 11.5 Å². The molecular formula is C19H23F2NO5. The van der Waals surface area contributed by atoms with Crippen molar-refractivity contribution in [1.82, 2.24) is 4.90 Å². The molecule has 0 N–H and O–H groups in total. The van der Waals surface area contributed by atoms with Crippen molar-refractivity contribution in [2.24, 2.45) is 0 Å². The average Bonchev–Trinajstić information content (AvgIpc) is 2.97. The molecule has 1 aromatic rings. The van der Waals surface area contributed by atoms with Gasteiger partial charge in [-0.3, -0.25) is 0 Å². The molecule has 148 valence electrons. The summed E-state index contributed by atoms with van der Waals surface area (Å²) in [6.07, 6.45) is -0.825. The van der Waals surface area contributed by atoms with Crippen LogP contribution in [-0.2, 0) is 4.74 Å². The van der Waals surface area contributed by atoms with Gasteiger partial charge in [0.2, 0.25) is 0 Å². The summed E-state index contributed by atoms with van der Waals surface area (Å²) < 4.78 is 46.7. The predicted molar refractivity (Wildman–Crippen MR) is 91.2 cm³/mol. The van der Waals surface area contributed by atoms with Crippen LogP contribution in [0, 0.1) is 0 Å². The molecule has 0 radical (unpaired) electrons. The van der Waals surface area contributed by atoms with Crippen molar-refractivity contribution >= 4 is 6.09 Å². The first kappa shape index (κ1) is 18.1. The summed E-state index contributed by atoms with van der Waals surface area (Å²) in [6.45, 7) is 5.56. The van der Waals surface area contributed by atoms with Crippen molar-refractivity contribution < 1.29 is 32.5 Å². The van der Waals surface area contributed by atoms with Crippen LogP contribution in [0.15, 0.2) is 18.2 Å². The third-order valence-electron chi connectivity index (χ3n) is 4.97. The number of carbonyl (C=O) groups is 1. The first-order valence-corrected chi connectivity index (χ1v) is 9.17. The summed E-state index contributed by atoms with van der Waals surface area (Å²) in [5, 5.41) is 0. The SMILES string of the molecule is CC(C)(C)OC(=O)N1[C@@H]2CC[C@@H]1CC(Oc1ccc3c(c1)OC(F)(F)O3)C2. The molecule has 4 rings (SSSR count). The first-order chi connectivity index (χ1) is 12.6. The van der Waals surface area contributed by atoms with Crippen LogP contribution in [0.5, 0.6) is 17.2 Å². The van der Waals surface area contributed by atoms with Crippen LogP contribution in [0.4, 0.5) is 13.6 Å². The van der Waals surface area contributed by atoms with E-state index in [1.165, 1.54) is 12.1 Å². The Hall–Kier alpha value is -2.25. The van der Waals surface area contributed by atoms with E-state index < -0.39 is 11.9 Å². The van der Waals surface area contributed by atoms with E-state index in [1.54, 1.807) is 6.07 Å². The molecule has 3 heterocycles. The highest BCUT2D eigenvalue weighted by Crippen LogP contribution is 2.44. The van der Waals surface area contributed by atoms with Crippen molar-refractivity contribution in [3.8, 4) is 17.2 Å². The van der Waals surface area contributed by atoms with Crippen molar-refractivity contribution in [3.63, 3.8) is 0 Å². The minimum atomic E-state index is -3.64. The zero-order chi connectivity index (χ0) is 19.4. The van der Waals surface area contributed by atoms with E-state index in [9.17, 15) is 13.6 Å². The number of fused-ring (bicyclic) bond motifs is 3. The van der Waals surface area contributed by atoms with E-state index in [0.29, 0.717) is 18.6 Å². The lowest BCUT2D eigenvalue weighted by Gasteiger charge is -2.39. The van der Waals surface area contributed by atoms with Gasteiger partial charge in [-0.05, 0) is 45.7 Å². The van der Waals surface area contributed by atoms with Gasteiger partial charge in [-0.25, -0.2) is 4.79 Å². The van der Waals surface area contributed by atoms with Gasteiger partial charge < -0.3 is 23.8 Å². The number of amides is 1. The highest BCUT2D eigenvalue weighted by molar-refractivity contribution is 5.69. The third-order valence-corrected chi connectivity index (χ3v) is 4.97. The molecule has 2 saturated heterocycles. The normalized spacial score (nSPS) is 28.2. The molecule has 6 nitrogen and oxygen atoms in total. The molecule has 3 aliphatic heterocycles. The maximum absolute atomic E-state index is 13.1. The number of benzene rings is 1. The summed E-state index contributed by atoms with van der Waals surface area (Å²) in [4.78, 5) is 14.3. The van der Waals surface area contributed by atoms with Crippen LogP contribution in [0.25, 0.3) is 0 Å². The van der Waals surface area contributed by atoms with Crippen molar-refractivity contribution in [3.05, 3.63) is 18.2 Å². The average molecular weight is 383 g/mol. The molecule has 0 aromatic heterocycles. The van der Waals surface area contributed by atoms with Gasteiger partial charge in [0, 0.05) is 31.0 Å². The van der Waals surface area contributed by atoms with Crippen molar-refractivity contribution in [2.45, 2.75) is 76.5 Å². The van der Waals surface area contributed by atoms with Gasteiger partial charge in [-0.1, -0.05) is 0 Å². The van der Waals surface area contributed by atoms with E-state index in [0.717, 1.165) is 12.8 Å². The minimum Gasteiger partial charge on any atom is -0.490 e. The molecule has 0 aliphatic carbocycles. The number of hydrogen-bond donors (Lipinski definition) is 0. The Morgan fingerprint density at radius 1 is 1.15 bits per heavy atom. The zero-order valence-electron chi connectivity index (χ0n) is 15.5. The lowest BCUT2D eigenvalue weighted by Crippen LogP contribution is -2.50. The summed E-state index contributed by atoms with van der Waals surface area (Å²) >= 11 is 0. The standard InChI is InChI=1S/C19H23F2NO5/c1-18(2,3)27-17(23)22-11-4-5-12(22)9-14(8-11)24-13-6-7-15-16(10-13)26-19(20,21)25-15/h6-7,10-12,14H,4-5,8-9H2,1-3H3/t11-,12-/m1/s1. The van der Waals surface area contributed by atoms with Crippen molar-refractivity contribution in [1.29, 1.82) is 0 Å². The highest BCUT2D eigenvalue weighted by atomic mass is 19.3. The molecule has 2 atom stereocenters. The second kappa shape index (κ2) is 6.14. The highest BCUT2D eigenvalue weighted by Gasteiger charge is 2.46. The Morgan fingerprint density at radius 2 is 1.78 bits per heavy atom. The van der Waals surface area contributed by atoms with Crippen LogP contribution in [0.2, 0.25) is 0 Å². The monoisotopic (exact) mass is 383 g/mol. The van der Waals surface area contributed by atoms with Gasteiger partial charge in [0.05, 0.1) is 0 Å². The Morgan fingerprint density at radius 3 is 2.41 bits per heavy atom. The Kier molecular flexibility index (Phi) is 4.12. The van der Waals surface area contributed by atoms with Crippen LogP contribution in [0.1, 0.15) is 46.5 Å². The summed E-state index contributed by atoms with van der Waals surface area (Å²) in [5.41, 5.74) is -0.529. The van der Waals surface area contributed by atoms with Gasteiger partial charge in [-0.15, -0.1) is 8.78 Å². The number of ether oxygens (including phenoxy) is 4. The topological polar surface area (TPSA) is 57.2 Å². The fourth-order valence-electron chi connectivity index (χ4n) is 4.03. The lowest BCUT2D eigenvalue weighted by molar-refractivity contribution is -0.286. The number of piperidine rings is 1. The smallest absolute Gasteiger partial charge is 0.490 e. The van der Waals surface area contributed by atoms with E-state index in [4.69, 9.17) is 9.47 Å². The molecule has 2 fully saturated rings. The van der Waals surface area contributed by atoms with Crippen LogP contribution in [0.3, 0.4) is 0 Å². The molecular weight excluding hydrogens is 360 g/mol. The Balaban J connectivity index is 1.41. The maximum Gasteiger partial charge on any atom is 0.586 e. The third kappa shape index (κ3) is 3.75. The van der Waals surface area contributed by atoms with Crippen LogP contribution < -0.4 is 14.2 Å². The van der Waals surface area contributed by atoms with E-state index >= 15 is 0 Å². The first-order valence-electron chi connectivity index (χ1n) is 9.17. The van der Waals surface area contributed by atoms with E-state index in [2.05, 4.69) is 9.47 Å². The molecule has 1 aromatic carbocycles. The second-order valence-corrected chi connectivity index (χ2v) is 8.26. The summed E-state index contributed by atoms with van der Waals surface area (Å²) in [5.74, 6) is 0.406. The molecule has 8 heteroatoms.